The van der Waals surface area contributed by atoms with Crippen molar-refractivity contribution in [1.82, 2.24) is 14.1 Å². The van der Waals surface area contributed by atoms with Crippen LogP contribution in [-0.4, -0.2) is 20.0 Å². The number of primary amides is 1. The molecule has 0 aliphatic heterocycles. The summed E-state index contributed by atoms with van der Waals surface area (Å²) < 4.78 is 2.42. The minimum absolute atomic E-state index is 0.341. The van der Waals surface area contributed by atoms with Crippen molar-refractivity contribution in [2.24, 2.45) is 19.8 Å². The highest BCUT2D eigenvalue weighted by atomic mass is 32.1. The molecule has 22 heavy (non-hydrogen) atoms. The van der Waals surface area contributed by atoms with Crippen LogP contribution in [0.1, 0.15) is 16.5 Å². The molecule has 1 amide bonds. The first-order valence-corrected chi connectivity index (χ1v) is 8.05. The second-order valence-corrected chi connectivity index (χ2v) is 6.57. The summed E-state index contributed by atoms with van der Waals surface area (Å²) in [4.78, 5) is 41.0. The Hall–Kier alpha value is -2.26. The molecule has 0 aliphatic rings. The number of carbonyl (C=O) groups is 1. The zero-order valence-electron chi connectivity index (χ0n) is 11.8. The van der Waals surface area contributed by atoms with Crippen LogP contribution in [0.25, 0.3) is 10.2 Å². The van der Waals surface area contributed by atoms with Crippen LogP contribution in [0, 0.1) is 0 Å². The standard InChI is InChI=1S/C13H12N4O3S2/c1-16-11(19)8-6(5-22-12(8)17(2)13(16)20)7(9(14)18)10-15-3-4-21-10/h3-5,7H,1-2H3,(H2,14,18). The Morgan fingerprint density at radius 2 is 2.00 bits per heavy atom. The molecule has 0 saturated heterocycles. The second kappa shape index (κ2) is 5.18. The van der Waals surface area contributed by atoms with E-state index in [1.807, 2.05) is 0 Å². The second-order valence-electron chi connectivity index (χ2n) is 4.78. The van der Waals surface area contributed by atoms with Crippen molar-refractivity contribution in [2.45, 2.75) is 5.92 Å². The molecule has 1 atom stereocenters. The summed E-state index contributed by atoms with van der Waals surface area (Å²) in [5.41, 5.74) is 5.18. The summed E-state index contributed by atoms with van der Waals surface area (Å²) in [6, 6.07) is 0. The van der Waals surface area contributed by atoms with E-state index in [0.717, 1.165) is 4.57 Å². The molecule has 7 nitrogen and oxygen atoms in total. The van der Waals surface area contributed by atoms with Gasteiger partial charge in [-0.1, -0.05) is 0 Å². The van der Waals surface area contributed by atoms with Crippen molar-refractivity contribution >= 4 is 38.8 Å². The summed E-state index contributed by atoms with van der Waals surface area (Å²) in [6.07, 6.45) is 1.58. The largest absolute Gasteiger partial charge is 0.369 e. The number of thiophene rings is 1. The molecule has 1 unspecified atom stereocenters. The van der Waals surface area contributed by atoms with E-state index in [1.165, 1.54) is 34.3 Å². The monoisotopic (exact) mass is 336 g/mol. The van der Waals surface area contributed by atoms with E-state index in [0.29, 0.717) is 20.8 Å². The molecule has 0 spiro atoms. The average molecular weight is 336 g/mol. The van der Waals surface area contributed by atoms with Crippen LogP contribution >= 0.6 is 22.7 Å². The fraction of sp³-hybridized carbons (Fsp3) is 0.231. The zero-order chi connectivity index (χ0) is 16.0. The van der Waals surface area contributed by atoms with Gasteiger partial charge in [-0.2, -0.15) is 0 Å². The van der Waals surface area contributed by atoms with Crippen molar-refractivity contribution < 1.29 is 4.79 Å². The van der Waals surface area contributed by atoms with Crippen LogP contribution in [0.3, 0.4) is 0 Å². The third-order valence-electron chi connectivity index (χ3n) is 3.49. The van der Waals surface area contributed by atoms with Crippen LogP contribution in [-0.2, 0) is 18.9 Å². The van der Waals surface area contributed by atoms with E-state index < -0.39 is 23.1 Å². The van der Waals surface area contributed by atoms with Gasteiger partial charge in [-0.15, -0.1) is 22.7 Å². The average Bonchev–Trinajstić information content (AvgIpc) is 3.13. The lowest BCUT2D eigenvalue weighted by Crippen LogP contribution is -2.37. The van der Waals surface area contributed by atoms with E-state index in [9.17, 15) is 14.4 Å². The predicted octanol–water partition coefficient (Wildman–Crippen LogP) is 0.372. The molecule has 3 heterocycles. The highest BCUT2D eigenvalue weighted by Crippen LogP contribution is 2.33. The van der Waals surface area contributed by atoms with Gasteiger partial charge < -0.3 is 5.73 Å². The smallest absolute Gasteiger partial charge is 0.331 e. The number of amides is 1. The van der Waals surface area contributed by atoms with Crippen molar-refractivity contribution in [3.05, 3.63) is 48.4 Å². The Balaban J connectivity index is 2.40. The van der Waals surface area contributed by atoms with Gasteiger partial charge in [0.25, 0.3) is 5.56 Å². The SMILES string of the molecule is Cn1c(=O)c2c(C(C(N)=O)c3nccs3)csc2n(C)c1=O. The number of aryl methyl sites for hydroxylation is 1. The van der Waals surface area contributed by atoms with E-state index in [-0.39, 0.29) is 0 Å². The zero-order valence-corrected chi connectivity index (χ0v) is 13.4. The number of thiazole rings is 1. The molecule has 3 rings (SSSR count). The number of carbonyl (C=O) groups excluding carboxylic acids is 1. The van der Waals surface area contributed by atoms with Gasteiger partial charge in [0.1, 0.15) is 15.8 Å². The molecular weight excluding hydrogens is 324 g/mol. The van der Waals surface area contributed by atoms with Gasteiger partial charge in [0.15, 0.2) is 0 Å². The summed E-state index contributed by atoms with van der Waals surface area (Å²) in [6.45, 7) is 0. The maximum atomic E-state index is 12.5. The van der Waals surface area contributed by atoms with Gasteiger partial charge in [0.2, 0.25) is 5.91 Å². The first-order valence-electron chi connectivity index (χ1n) is 6.29. The number of fused-ring (bicyclic) bond motifs is 1. The minimum Gasteiger partial charge on any atom is -0.369 e. The highest BCUT2D eigenvalue weighted by Gasteiger charge is 2.28. The molecular formula is C13H12N4O3S2. The summed E-state index contributed by atoms with van der Waals surface area (Å²) >= 11 is 2.54. The number of rotatable bonds is 3. The number of nitrogens with zero attached hydrogens (tertiary/aromatic N) is 3. The third-order valence-corrected chi connectivity index (χ3v) is 5.40. The summed E-state index contributed by atoms with van der Waals surface area (Å²) in [7, 11) is 3.00. The fourth-order valence-electron chi connectivity index (χ4n) is 2.39. The van der Waals surface area contributed by atoms with Crippen molar-refractivity contribution in [2.75, 3.05) is 0 Å². The Morgan fingerprint density at radius 1 is 1.27 bits per heavy atom. The van der Waals surface area contributed by atoms with Gasteiger partial charge >= 0.3 is 5.69 Å². The lowest BCUT2D eigenvalue weighted by Gasteiger charge is -2.10. The van der Waals surface area contributed by atoms with Crippen molar-refractivity contribution in [3.63, 3.8) is 0 Å². The van der Waals surface area contributed by atoms with Crippen LogP contribution in [0.4, 0.5) is 0 Å². The highest BCUT2D eigenvalue weighted by molar-refractivity contribution is 7.17. The normalized spacial score (nSPS) is 12.6. The number of nitrogens with two attached hydrogens (primary N) is 1. The predicted molar refractivity (Wildman–Crippen MR) is 85.5 cm³/mol. The Labute approximate surface area is 132 Å². The molecule has 0 bridgehead atoms. The lowest BCUT2D eigenvalue weighted by atomic mass is 10.00. The maximum Gasteiger partial charge on any atom is 0.331 e. The van der Waals surface area contributed by atoms with E-state index in [2.05, 4.69) is 4.98 Å². The maximum absolute atomic E-state index is 12.5. The van der Waals surface area contributed by atoms with Crippen LogP contribution in [0.15, 0.2) is 26.5 Å². The number of hydrogen-bond donors (Lipinski definition) is 1. The van der Waals surface area contributed by atoms with Crippen LogP contribution in [0.5, 0.6) is 0 Å². The van der Waals surface area contributed by atoms with E-state index >= 15 is 0 Å². The lowest BCUT2D eigenvalue weighted by molar-refractivity contribution is -0.118. The molecule has 0 saturated carbocycles. The van der Waals surface area contributed by atoms with Gasteiger partial charge in [-0.3, -0.25) is 18.7 Å². The molecule has 9 heteroatoms. The fourth-order valence-corrected chi connectivity index (χ4v) is 4.20. The first-order chi connectivity index (χ1) is 10.4. The quantitative estimate of drug-likeness (QED) is 0.747. The summed E-state index contributed by atoms with van der Waals surface area (Å²) in [5.74, 6) is -1.37. The molecule has 2 N–H and O–H groups in total. The Bertz CT molecular complexity index is 981. The number of aromatic nitrogens is 3. The molecule has 0 radical (unpaired) electrons. The molecule has 0 fully saturated rings. The van der Waals surface area contributed by atoms with Gasteiger partial charge in [0.05, 0.1) is 5.39 Å². The van der Waals surface area contributed by atoms with Gasteiger partial charge in [-0.05, 0) is 10.9 Å². The molecule has 114 valence electrons. The minimum atomic E-state index is -0.793. The third kappa shape index (κ3) is 2.01. The molecule has 3 aromatic heterocycles. The van der Waals surface area contributed by atoms with E-state index in [4.69, 9.17) is 5.73 Å². The molecule has 0 aromatic carbocycles. The molecule has 3 aromatic rings. The topological polar surface area (TPSA) is 100.0 Å². The molecule has 0 aliphatic carbocycles. The van der Waals surface area contributed by atoms with Crippen LogP contribution in [0.2, 0.25) is 0 Å². The Morgan fingerprint density at radius 3 is 2.59 bits per heavy atom. The van der Waals surface area contributed by atoms with Crippen LogP contribution < -0.4 is 17.0 Å². The van der Waals surface area contributed by atoms with Crippen molar-refractivity contribution in [3.8, 4) is 0 Å². The summed E-state index contributed by atoms with van der Waals surface area (Å²) in [5, 5.41) is 4.31. The number of hydrogen-bond acceptors (Lipinski definition) is 6. The van der Waals surface area contributed by atoms with E-state index in [1.54, 1.807) is 24.0 Å². The first kappa shape index (κ1) is 14.7. The van der Waals surface area contributed by atoms with Crippen molar-refractivity contribution in [1.29, 1.82) is 0 Å². The van der Waals surface area contributed by atoms with Gasteiger partial charge in [-0.25, -0.2) is 9.78 Å². The van der Waals surface area contributed by atoms with Gasteiger partial charge in [0, 0.05) is 25.7 Å². The Kier molecular flexibility index (Phi) is 3.45.